The van der Waals surface area contributed by atoms with Gasteiger partial charge < -0.3 is 15.2 Å². The molecule has 1 aromatic carbocycles. The SMILES string of the molecule is CC[C@H](NC(=O)OC(C)(C)C)C(=O)N1c2cccc(F)c2C[C@H]1C(=O)O. The van der Waals surface area contributed by atoms with Crippen LogP contribution in [0, 0.1) is 5.82 Å². The highest BCUT2D eigenvalue weighted by molar-refractivity contribution is 6.05. The van der Waals surface area contributed by atoms with Gasteiger partial charge in [0, 0.05) is 12.0 Å². The van der Waals surface area contributed by atoms with E-state index >= 15 is 0 Å². The van der Waals surface area contributed by atoms with E-state index in [0.29, 0.717) is 0 Å². The molecule has 0 saturated carbocycles. The number of alkyl carbamates (subject to hydrolysis) is 1. The quantitative estimate of drug-likeness (QED) is 0.853. The molecule has 0 bridgehead atoms. The summed E-state index contributed by atoms with van der Waals surface area (Å²) in [5, 5.41) is 11.9. The zero-order chi connectivity index (χ0) is 19.6. The first-order valence-electron chi connectivity index (χ1n) is 8.38. The van der Waals surface area contributed by atoms with Crippen LogP contribution < -0.4 is 10.2 Å². The molecule has 1 heterocycles. The van der Waals surface area contributed by atoms with Gasteiger partial charge in [0.25, 0.3) is 5.91 Å². The molecule has 0 radical (unpaired) electrons. The van der Waals surface area contributed by atoms with Crippen molar-refractivity contribution in [3.05, 3.63) is 29.6 Å². The Hall–Kier alpha value is -2.64. The second-order valence-corrected chi connectivity index (χ2v) is 7.11. The third kappa shape index (κ3) is 4.12. The number of hydrogen-bond acceptors (Lipinski definition) is 4. The van der Waals surface area contributed by atoms with Crippen molar-refractivity contribution in [1.82, 2.24) is 5.32 Å². The van der Waals surface area contributed by atoms with Gasteiger partial charge in [0.05, 0.1) is 5.69 Å². The van der Waals surface area contributed by atoms with E-state index in [1.807, 2.05) is 0 Å². The van der Waals surface area contributed by atoms with E-state index in [1.54, 1.807) is 27.7 Å². The van der Waals surface area contributed by atoms with Crippen LogP contribution in [0.2, 0.25) is 0 Å². The van der Waals surface area contributed by atoms with E-state index in [1.165, 1.54) is 18.2 Å². The molecule has 2 rings (SSSR count). The van der Waals surface area contributed by atoms with Gasteiger partial charge in [0.15, 0.2) is 0 Å². The number of nitrogens with zero attached hydrogens (tertiary/aromatic N) is 1. The number of ether oxygens (including phenoxy) is 1. The van der Waals surface area contributed by atoms with Gasteiger partial charge in [-0.25, -0.2) is 14.0 Å². The number of carbonyl (C=O) groups is 3. The number of carboxylic acid groups (broad SMARTS) is 1. The zero-order valence-electron chi connectivity index (χ0n) is 15.2. The first-order chi connectivity index (χ1) is 12.0. The smallest absolute Gasteiger partial charge is 0.408 e. The minimum absolute atomic E-state index is 0.119. The van der Waals surface area contributed by atoms with Crippen LogP contribution in [0.15, 0.2) is 18.2 Å². The standard InChI is InChI=1S/C18H23FN2O5/c1-5-12(20-17(25)26-18(2,3)4)15(22)21-13-8-6-7-11(19)10(13)9-14(21)16(23)24/h6-8,12,14H,5,9H2,1-4H3,(H,20,25)(H,23,24)/t12-,14-/m0/s1. The summed E-state index contributed by atoms with van der Waals surface area (Å²) in [6.45, 7) is 6.75. The molecule has 1 aromatic rings. The number of hydrogen-bond donors (Lipinski definition) is 2. The Balaban J connectivity index is 2.28. The summed E-state index contributed by atoms with van der Waals surface area (Å²) in [5.74, 6) is -2.41. The number of carbonyl (C=O) groups excluding carboxylic acids is 2. The number of halogens is 1. The molecule has 8 heteroatoms. The highest BCUT2D eigenvalue weighted by Gasteiger charge is 2.42. The van der Waals surface area contributed by atoms with Gasteiger partial charge >= 0.3 is 12.1 Å². The van der Waals surface area contributed by atoms with Crippen molar-refractivity contribution in [1.29, 1.82) is 0 Å². The van der Waals surface area contributed by atoms with Gasteiger partial charge in [0.1, 0.15) is 23.5 Å². The van der Waals surface area contributed by atoms with E-state index in [0.717, 1.165) is 4.90 Å². The number of aliphatic carboxylic acids is 1. The number of fused-ring (bicyclic) bond motifs is 1. The summed E-state index contributed by atoms with van der Waals surface area (Å²) >= 11 is 0. The molecule has 142 valence electrons. The molecule has 26 heavy (non-hydrogen) atoms. The van der Waals surface area contributed by atoms with Crippen LogP contribution in [0.3, 0.4) is 0 Å². The van der Waals surface area contributed by atoms with Crippen LogP contribution in [0.5, 0.6) is 0 Å². The van der Waals surface area contributed by atoms with E-state index in [2.05, 4.69) is 5.32 Å². The van der Waals surface area contributed by atoms with Crippen molar-refractivity contribution >= 4 is 23.7 Å². The second-order valence-electron chi connectivity index (χ2n) is 7.11. The Bertz CT molecular complexity index is 729. The summed E-state index contributed by atoms with van der Waals surface area (Å²) in [6.07, 6.45) is -0.666. The molecule has 0 aliphatic carbocycles. The molecule has 2 N–H and O–H groups in total. The lowest BCUT2D eigenvalue weighted by Crippen LogP contribution is -2.53. The minimum atomic E-state index is -1.24. The molecule has 0 spiro atoms. The monoisotopic (exact) mass is 366 g/mol. The average Bonchev–Trinajstić information content (AvgIpc) is 2.91. The maximum absolute atomic E-state index is 14.0. The highest BCUT2D eigenvalue weighted by Crippen LogP contribution is 2.34. The number of anilines is 1. The van der Waals surface area contributed by atoms with E-state index in [9.17, 15) is 23.9 Å². The summed E-state index contributed by atoms with van der Waals surface area (Å²) in [6, 6.07) is 1.94. The molecular formula is C18H23FN2O5. The minimum Gasteiger partial charge on any atom is -0.480 e. The van der Waals surface area contributed by atoms with Crippen LogP contribution in [0.25, 0.3) is 0 Å². The third-order valence-corrected chi connectivity index (χ3v) is 3.98. The van der Waals surface area contributed by atoms with Gasteiger partial charge in [-0.3, -0.25) is 9.69 Å². The highest BCUT2D eigenvalue weighted by atomic mass is 19.1. The number of amides is 2. The first-order valence-corrected chi connectivity index (χ1v) is 8.38. The number of nitrogens with one attached hydrogen (secondary N) is 1. The van der Waals surface area contributed by atoms with E-state index in [-0.39, 0.29) is 24.1 Å². The van der Waals surface area contributed by atoms with Gasteiger partial charge in [-0.05, 0) is 39.3 Å². The van der Waals surface area contributed by atoms with Crippen molar-refractivity contribution < 1.29 is 28.6 Å². The topological polar surface area (TPSA) is 95.9 Å². The normalized spacial score (nSPS) is 17.4. The van der Waals surface area contributed by atoms with Gasteiger partial charge in [-0.15, -0.1) is 0 Å². The van der Waals surface area contributed by atoms with Gasteiger partial charge in [-0.2, -0.15) is 0 Å². The van der Waals surface area contributed by atoms with Gasteiger partial charge in [0.2, 0.25) is 0 Å². The lowest BCUT2D eigenvalue weighted by molar-refractivity contribution is -0.140. The molecule has 1 aliphatic heterocycles. The first kappa shape index (κ1) is 19.7. The molecule has 7 nitrogen and oxygen atoms in total. The number of benzene rings is 1. The van der Waals surface area contributed by atoms with Crippen LogP contribution in [0.1, 0.15) is 39.7 Å². The van der Waals surface area contributed by atoms with Crippen molar-refractivity contribution in [3.8, 4) is 0 Å². The van der Waals surface area contributed by atoms with Crippen LogP contribution in [0.4, 0.5) is 14.9 Å². The maximum atomic E-state index is 14.0. The van der Waals surface area contributed by atoms with E-state index < -0.39 is 41.5 Å². The predicted molar refractivity (Wildman–Crippen MR) is 92.5 cm³/mol. The average molecular weight is 366 g/mol. The molecule has 2 amide bonds. The molecular weight excluding hydrogens is 343 g/mol. The molecule has 0 unspecified atom stereocenters. The molecule has 0 aromatic heterocycles. The van der Waals surface area contributed by atoms with Crippen molar-refractivity contribution in [2.75, 3.05) is 4.90 Å². The maximum Gasteiger partial charge on any atom is 0.408 e. The van der Waals surface area contributed by atoms with Crippen molar-refractivity contribution in [3.63, 3.8) is 0 Å². The van der Waals surface area contributed by atoms with Crippen LogP contribution >= 0.6 is 0 Å². The summed E-state index contributed by atoms with van der Waals surface area (Å²) in [7, 11) is 0. The fraction of sp³-hybridized carbons (Fsp3) is 0.500. The molecule has 1 aliphatic rings. The Labute approximate surface area is 151 Å². The molecule has 2 atom stereocenters. The molecule has 0 fully saturated rings. The summed E-state index contributed by atoms with van der Waals surface area (Å²) in [5.41, 5.74) is -0.342. The fourth-order valence-electron chi connectivity index (χ4n) is 2.85. The second kappa shape index (κ2) is 7.31. The Morgan fingerprint density at radius 1 is 1.38 bits per heavy atom. The van der Waals surface area contributed by atoms with Gasteiger partial charge in [-0.1, -0.05) is 13.0 Å². The van der Waals surface area contributed by atoms with Crippen LogP contribution in [-0.2, 0) is 20.7 Å². The predicted octanol–water partition coefficient (Wildman–Crippen LogP) is 2.47. The molecule has 0 saturated heterocycles. The Morgan fingerprint density at radius 3 is 2.58 bits per heavy atom. The lowest BCUT2D eigenvalue weighted by atomic mass is 10.1. The summed E-state index contributed by atoms with van der Waals surface area (Å²) < 4.78 is 19.2. The summed E-state index contributed by atoms with van der Waals surface area (Å²) in [4.78, 5) is 37.6. The Kier molecular flexibility index (Phi) is 5.53. The van der Waals surface area contributed by atoms with Crippen LogP contribution in [-0.4, -0.2) is 40.8 Å². The number of carboxylic acids is 1. The van der Waals surface area contributed by atoms with Crippen molar-refractivity contribution in [2.24, 2.45) is 0 Å². The lowest BCUT2D eigenvalue weighted by Gasteiger charge is -2.28. The van der Waals surface area contributed by atoms with Crippen molar-refractivity contribution in [2.45, 2.75) is 58.2 Å². The fourth-order valence-corrected chi connectivity index (χ4v) is 2.85. The number of rotatable bonds is 4. The largest absolute Gasteiger partial charge is 0.480 e. The zero-order valence-corrected chi connectivity index (χ0v) is 15.2. The van der Waals surface area contributed by atoms with E-state index in [4.69, 9.17) is 4.74 Å². The Morgan fingerprint density at radius 2 is 2.04 bits per heavy atom. The third-order valence-electron chi connectivity index (χ3n) is 3.98.